The lowest BCUT2D eigenvalue weighted by Crippen LogP contribution is -1.93. The second kappa shape index (κ2) is 2.34. The summed E-state index contributed by atoms with van der Waals surface area (Å²) >= 11 is 1.46. The van der Waals surface area contributed by atoms with Gasteiger partial charge in [-0.1, -0.05) is 12.1 Å². The minimum absolute atomic E-state index is 1.02. The van der Waals surface area contributed by atoms with Crippen molar-refractivity contribution in [3.8, 4) is 0 Å². The Bertz CT molecular complexity index is 270. The molecule has 0 aromatic heterocycles. The van der Waals surface area contributed by atoms with Crippen LogP contribution in [0, 0.1) is 0 Å². The third kappa shape index (κ3) is 0.885. The summed E-state index contributed by atoms with van der Waals surface area (Å²) in [6, 6.07) is 7.96. The fourth-order valence-corrected chi connectivity index (χ4v) is 1.37. The van der Waals surface area contributed by atoms with Crippen LogP contribution in [0.1, 0.15) is 0 Å². The smallest absolute Gasteiger partial charge is 0.124 e. The molecule has 0 aliphatic carbocycles. The van der Waals surface area contributed by atoms with E-state index in [0.29, 0.717) is 0 Å². The van der Waals surface area contributed by atoms with E-state index in [0.717, 1.165) is 10.6 Å². The Morgan fingerprint density at radius 1 is 1.20 bits per heavy atom. The highest BCUT2D eigenvalue weighted by Gasteiger charge is 2.03. The molecular formula is C7H5N2S. The van der Waals surface area contributed by atoms with Crippen LogP contribution in [-0.2, 0) is 0 Å². The topological polar surface area (TPSA) is 26.5 Å². The Morgan fingerprint density at radius 2 is 2.10 bits per heavy atom. The molecule has 0 fully saturated rings. The molecule has 0 unspecified atom stereocenters. The molecular weight excluding hydrogens is 144 g/mol. The van der Waals surface area contributed by atoms with E-state index in [1.807, 2.05) is 24.3 Å². The van der Waals surface area contributed by atoms with Crippen LogP contribution in [-0.4, -0.2) is 6.34 Å². The lowest BCUT2D eigenvalue weighted by Gasteiger charge is -2.05. The summed E-state index contributed by atoms with van der Waals surface area (Å²) < 4.78 is 3.94. The first-order valence-electron chi connectivity index (χ1n) is 2.95. The van der Waals surface area contributed by atoms with Gasteiger partial charge in [-0.2, -0.15) is 4.72 Å². The summed E-state index contributed by atoms with van der Waals surface area (Å²) in [6.45, 7) is 0. The normalized spacial score (nSPS) is 14.0. The van der Waals surface area contributed by atoms with Gasteiger partial charge in [-0.3, -0.25) is 0 Å². The van der Waals surface area contributed by atoms with E-state index in [-0.39, 0.29) is 0 Å². The van der Waals surface area contributed by atoms with Crippen molar-refractivity contribution >= 4 is 24.0 Å². The largest absolute Gasteiger partial charge is 0.235 e. The van der Waals surface area contributed by atoms with E-state index in [9.17, 15) is 0 Å². The molecule has 0 amide bonds. The zero-order valence-electron chi connectivity index (χ0n) is 5.19. The molecule has 1 aliphatic rings. The lowest BCUT2D eigenvalue weighted by atomic mass is 10.3. The molecule has 1 aliphatic heterocycles. The molecule has 10 heavy (non-hydrogen) atoms. The van der Waals surface area contributed by atoms with Crippen LogP contribution in [0.15, 0.2) is 34.2 Å². The molecule has 1 aromatic carbocycles. The van der Waals surface area contributed by atoms with Crippen LogP contribution < -0.4 is 4.72 Å². The highest BCUT2D eigenvalue weighted by molar-refractivity contribution is 7.98. The second-order valence-corrected chi connectivity index (χ2v) is 2.74. The molecule has 0 N–H and O–H groups in total. The van der Waals surface area contributed by atoms with Gasteiger partial charge in [0.05, 0.1) is 10.6 Å². The zero-order valence-corrected chi connectivity index (χ0v) is 6.01. The minimum atomic E-state index is 1.02. The van der Waals surface area contributed by atoms with Gasteiger partial charge in [-0.05, 0) is 12.1 Å². The first-order chi connectivity index (χ1) is 4.97. The maximum Gasteiger partial charge on any atom is 0.124 e. The quantitative estimate of drug-likeness (QED) is 0.518. The summed E-state index contributed by atoms with van der Waals surface area (Å²) in [4.78, 5) is 5.21. The molecule has 2 rings (SSSR count). The summed E-state index contributed by atoms with van der Waals surface area (Å²) in [5.41, 5.74) is 1.02. The molecule has 0 atom stereocenters. The standard InChI is InChI=1S/C7H5N2S/c1-2-4-7-6(3-1)8-5-9-10-7/h1-5H. The second-order valence-electron chi connectivity index (χ2n) is 1.91. The average Bonchev–Trinajstić information content (AvgIpc) is 2.05. The van der Waals surface area contributed by atoms with E-state index >= 15 is 0 Å². The number of benzene rings is 1. The van der Waals surface area contributed by atoms with Crippen molar-refractivity contribution < 1.29 is 0 Å². The third-order valence-corrected chi connectivity index (χ3v) is 2.00. The number of rotatable bonds is 0. The molecule has 0 saturated heterocycles. The molecule has 3 heteroatoms. The highest BCUT2D eigenvalue weighted by atomic mass is 32.2. The van der Waals surface area contributed by atoms with E-state index in [1.165, 1.54) is 11.9 Å². The van der Waals surface area contributed by atoms with Crippen LogP contribution in [0.4, 0.5) is 5.69 Å². The van der Waals surface area contributed by atoms with Gasteiger partial charge in [0.2, 0.25) is 0 Å². The van der Waals surface area contributed by atoms with Crippen LogP contribution in [0.3, 0.4) is 0 Å². The van der Waals surface area contributed by atoms with Crippen molar-refractivity contribution in [1.29, 1.82) is 0 Å². The van der Waals surface area contributed by atoms with Crippen LogP contribution in [0.25, 0.3) is 0 Å². The van der Waals surface area contributed by atoms with Gasteiger partial charge in [0, 0.05) is 11.9 Å². The lowest BCUT2D eigenvalue weighted by molar-refractivity contribution is 1.31. The molecule has 0 spiro atoms. The van der Waals surface area contributed by atoms with E-state index in [4.69, 9.17) is 0 Å². The maximum atomic E-state index is 4.08. The number of fused-ring (bicyclic) bond motifs is 1. The molecule has 0 bridgehead atoms. The van der Waals surface area contributed by atoms with E-state index in [2.05, 4.69) is 9.71 Å². The number of aliphatic imine (C=N–C) groups is 1. The predicted octanol–water partition coefficient (Wildman–Crippen LogP) is 1.97. The van der Waals surface area contributed by atoms with Gasteiger partial charge in [0.15, 0.2) is 0 Å². The van der Waals surface area contributed by atoms with E-state index in [1.54, 1.807) is 6.34 Å². The number of hydrogen-bond acceptors (Lipinski definition) is 2. The molecule has 1 radical (unpaired) electrons. The monoisotopic (exact) mass is 149 g/mol. The fourth-order valence-electron chi connectivity index (χ4n) is 0.807. The van der Waals surface area contributed by atoms with Crippen LogP contribution >= 0.6 is 11.9 Å². The van der Waals surface area contributed by atoms with E-state index < -0.39 is 0 Å². The van der Waals surface area contributed by atoms with Crippen molar-refractivity contribution in [3.05, 3.63) is 24.3 Å². The summed E-state index contributed by atoms with van der Waals surface area (Å²) in [5, 5.41) is 0. The molecule has 1 aromatic rings. The SMILES string of the molecule is C1=Nc2ccccc2S[N]1. The number of para-hydroxylation sites is 1. The van der Waals surface area contributed by atoms with Crippen molar-refractivity contribution in [2.24, 2.45) is 4.99 Å². The van der Waals surface area contributed by atoms with Gasteiger partial charge >= 0.3 is 0 Å². The summed E-state index contributed by atoms with van der Waals surface area (Å²) in [5.74, 6) is 0. The van der Waals surface area contributed by atoms with Crippen LogP contribution in [0.5, 0.6) is 0 Å². The van der Waals surface area contributed by atoms with Crippen molar-refractivity contribution in [1.82, 2.24) is 4.72 Å². The van der Waals surface area contributed by atoms with Gasteiger partial charge in [-0.15, -0.1) is 0 Å². The molecule has 2 nitrogen and oxygen atoms in total. The number of hydrogen-bond donors (Lipinski definition) is 0. The molecule has 49 valence electrons. The Hall–Kier alpha value is -0.960. The van der Waals surface area contributed by atoms with Crippen molar-refractivity contribution in [2.45, 2.75) is 4.90 Å². The fraction of sp³-hybridized carbons (Fsp3) is 0. The summed E-state index contributed by atoms with van der Waals surface area (Å²) in [6.07, 6.45) is 1.58. The van der Waals surface area contributed by atoms with Gasteiger partial charge in [0.1, 0.15) is 6.34 Å². The zero-order chi connectivity index (χ0) is 6.81. The first-order valence-corrected chi connectivity index (χ1v) is 3.73. The predicted molar refractivity (Wildman–Crippen MR) is 42.6 cm³/mol. The van der Waals surface area contributed by atoms with Gasteiger partial charge < -0.3 is 0 Å². The van der Waals surface area contributed by atoms with Crippen LogP contribution in [0.2, 0.25) is 0 Å². The highest BCUT2D eigenvalue weighted by Crippen LogP contribution is 2.29. The van der Waals surface area contributed by atoms with Crippen molar-refractivity contribution in [3.63, 3.8) is 0 Å². The molecule has 0 saturated carbocycles. The average molecular weight is 149 g/mol. The molecule has 1 heterocycles. The maximum absolute atomic E-state index is 4.08. The van der Waals surface area contributed by atoms with Gasteiger partial charge in [-0.25, -0.2) is 4.99 Å². The third-order valence-electron chi connectivity index (χ3n) is 1.26. The van der Waals surface area contributed by atoms with Crippen molar-refractivity contribution in [2.75, 3.05) is 0 Å². The summed E-state index contributed by atoms with van der Waals surface area (Å²) in [7, 11) is 0. The Kier molecular flexibility index (Phi) is 1.36. The number of nitrogens with zero attached hydrogens (tertiary/aromatic N) is 2. The Morgan fingerprint density at radius 3 is 3.00 bits per heavy atom. The minimum Gasteiger partial charge on any atom is -0.235 e. The van der Waals surface area contributed by atoms with Gasteiger partial charge in [0.25, 0.3) is 0 Å². The Labute approximate surface area is 63.5 Å². The Balaban J connectivity index is 2.54. The first kappa shape index (κ1) is 5.80.